The molecular weight excluding hydrogens is 543 g/mol. The summed E-state index contributed by atoms with van der Waals surface area (Å²) in [5.41, 5.74) is 7.69. The summed E-state index contributed by atoms with van der Waals surface area (Å²) in [6.45, 7) is 0. The van der Waals surface area contributed by atoms with Crippen LogP contribution >= 0.6 is 11.3 Å². The minimum absolute atomic E-state index is 0.931. The van der Waals surface area contributed by atoms with E-state index in [1.165, 1.54) is 47.5 Å². The topological polar surface area (TPSA) is 16.4 Å². The Morgan fingerprint density at radius 1 is 0.442 bits per heavy atom. The van der Waals surface area contributed by atoms with E-state index in [1.54, 1.807) is 0 Å². The Hall–Kier alpha value is -5.38. The second kappa shape index (κ2) is 9.59. The third-order valence-corrected chi connectivity index (χ3v) is 9.58. The lowest BCUT2D eigenvalue weighted by molar-refractivity contribution is 0.673. The molecule has 0 unspecified atom stereocenters. The number of para-hydroxylation sites is 1. The Bertz CT molecular complexity index is 2440. The highest BCUT2D eigenvalue weighted by atomic mass is 32.1. The second-order valence-corrected chi connectivity index (χ2v) is 12.0. The minimum Gasteiger partial charge on any atom is -0.455 e. The summed E-state index contributed by atoms with van der Waals surface area (Å²) in [4.78, 5) is 2.35. The van der Waals surface area contributed by atoms with E-state index in [4.69, 9.17) is 4.42 Å². The van der Waals surface area contributed by atoms with Crippen molar-refractivity contribution in [3.63, 3.8) is 0 Å². The molecule has 3 heteroatoms. The van der Waals surface area contributed by atoms with E-state index in [1.807, 2.05) is 11.3 Å². The molecule has 0 bridgehead atoms. The van der Waals surface area contributed by atoms with Crippen molar-refractivity contribution in [2.45, 2.75) is 0 Å². The van der Waals surface area contributed by atoms with Gasteiger partial charge in [-0.15, -0.1) is 11.3 Å². The molecule has 9 rings (SSSR count). The van der Waals surface area contributed by atoms with E-state index < -0.39 is 0 Å². The second-order valence-electron chi connectivity index (χ2n) is 10.9. The van der Waals surface area contributed by atoms with Gasteiger partial charge in [0.25, 0.3) is 0 Å². The van der Waals surface area contributed by atoms with Crippen LogP contribution in [0.3, 0.4) is 0 Å². The van der Waals surface area contributed by atoms with Crippen molar-refractivity contribution in [3.05, 3.63) is 152 Å². The number of benzene rings is 7. The average molecular weight is 568 g/mol. The highest BCUT2D eigenvalue weighted by molar-refractivity contribution is 7.26. The fraction of sp³-hybridized carbons (Fsp3) is 0. The molecule has 43 heavy (non-hydrogen) atoms. The Kier molecular flexibility index (Phi) is 5.40. The van der Waals surface area contributed by atoms with Crippen LogP contribution in [0.25, 0.3) is 64.0 Å². The molecule has 0 atom stereocenters. The van der Waals surface area contributed by atoms with Crippen LogP contribution in [-0.4, -0.2) is 0 Å². The number of rotatable bonds is 4. The zero-order valence-corrected chi connectivity index (χ0v) is 24.0. The third kappa shape index (κ3) is 3.86. The van der Waals surface area contributed by atoms with E-state index in [0.717, 1.165) is 33.6 Å². The zero-order valence-electron chi connectivity index (χ0n) is 23.2. The SMILES string of the molecule is c1ccc(-c2ccc(N(c3ccccc3)c3ccc4sc5ccc6oc7c8ccccc8ccc7c6c5c4c3)cc2)cc1. The average Bonchev–Trinajstić information content (AvgIpc) is 3.64. The molecule has 0 aliphatic rings. The van der Waals surface area contributed by atoms with E-state index in [9.17, 15) is 0 Å². The van der Waals surface area contributed by atoms with Crippen molar-refractivity contribution < 1.29 is 4.42 Å². The fourth-order valence-corrected chi connectivity index (χ4v) is 7.54. The predicted molar refractivity (Wildman–Crippen MR) is 184 cm³/mol. The van der Waals surface area contributed by atoms with Crippen LogP contribution in [0.5, 0.6) is 0 Å². The Balaban J connectivity index is 1.27. The van der Waals surface area contributed by atoms with E-state index in [-0.39, 0.29) is 0 Å². The first-order valence-electron chi connectivity index (χ1n) is 14.5. The molecule has 9 aromatic rings. The Labute approximate surface area is 252 Å². The highest BCUT2D eigenvalue weighted by Gasteiger charge is 2.19. The van der Waals surface area contributed by atoms with Gasteiger partial charge in [0.05, 0.1) is 0 Å². The summed E-state index contributed by atoms with van der Waals surface area (Å²) < 4.78 is 9.09. The molecule has 0 radical (unpaired) electrons. The molecule has 0 aliphatic carbocycles. The van der Waals surface area contributed by atoms with E-state index in [2.05, 4.69) is 157 Å². The van der Waals surface area contributed by atoms with Gasteiger partial charge in [0, 0.05) is 53.4 Å². The normalized spacial score (nSPS) is 11.7. The van der Waals surface area contributed by atoms with Gasteiger partial charge in [-0.1, -0.05) is 91.0 Å². The molecule has 0 N–H and O–H groups in total. The monoisotopic (exact) mass is 567 g/mol. The van der Waals surface area contributed by atoms with Gasteiger partial charge in [0.15, 0.2) is 0 Å². The van der Waals surface area contributed by atoms with Gasteiger partial charge in [-0.05, 0) is 77.2 Å². The summed E-state index contributed by atoms with van der Waals surface area (Å²) in [6.07, 6.45) is 0. The lowest BCUT2D eigenvalue weighted by Crippen LogP contribution is -2.09. The van der Waals surface area contributed by atoms with Crippen molar-refractivity contribution in [3.8, 4) is 11.1 Å². The summed E-state index contributed by atoms with van der Waals surface area (Å²) in [5, 5.41) is 7.22. The van der Waals surface area contributed by atoms with Crippen molar-refractivity contribution in [1.82, 2.24) is 0 Å². The predicted octanol–water partition coefficient (Wildman–Crippen LogP) is 12.2. The van der Waals surface area contributed by atoms with Gasteiger partial charge in [-0.25, -0.2) is 0 Å². The number of hydrogen-bond acceptors (Lipinski definition) is 3. The number of fused-ring (bicyclic) bond motifs is 9. The Morgan fingerprint density at radius 3 is 1.95 bits per heavy atom. The first-order valence-corrected chi connectivity index (χ1v) is 15.3. The molecule has 0 spiro atoms. The molecule has 7 aromatic carbocycles. The maximum atomic E-state index is 6.55. The van der Waals surface area contributed by atoms with Crippen molar-refractivity contribution in [1.29, 1.82) is 0 Å². The molecule has 2 nitrogen and oxygen atoms in total. The fourth-order valence-electron chi connectivity index (χ4n) is 6.45. The number of anilines is 3. The van der Waals surface area contributed by atoms with E-state index in [0.29, 0.717) is 0 Å². The van der Waals surface area contributed by atoms with Crippen molar-refractivity contribution in [2.75, 3.05) is 4.90 Å². The summed E-state index contributed by atoms with van der Waals surface area (Å²) in [5.74, 6) is 0. The highest BCUT2D eigenvalue weighted by Crippen LogP contribution is 2.46. The third-order valence-electron chi connectivity index (χ3n) is 8.45. The zero-order chi connectivity index (χ0) is 28.3. The molecule has 0 aliphatic heterocycles. The number of thiophene rings is 1. The lowest BCUT2D eigenvalue weighted by Gasteiger charge is -2.26. The molecule has 202 valence electrons. The number of nitrogens with zero attached hydrogens (tertiary/aromatic N) is 1. The van der Waals surface area contributed by atoms with Gasteiger partial charge >= 0.3 is 0 Å². The Morgan fingerprint density at radius 2 is 1.12 bits per heavy atom. The van der Waals surface area contributed by atoms with Crippen LogP contribution in [-0.2, 0) is 0 Å². The van der Waals surface area contributed by atoms with Gasteiger partial charge < -0.3 is 9.32 Å². The first kappa shape index (κ1) is 24.2. The molecule has 0 saturated heterocycles. The van der Waals surface area contributed by atoms with Crippen LogP contribution in [0.1, 0.15) is 0 Å². The molecule has 0 amide bonds. The molecular formula is C40H25NOS. The first-order chi connectivity index (χ1) is 21.3. The van der Waals surface area contributed by atoms with Crippen molar-refractivity contribution in [2.24, 2.45) is 0 Å². The van der Waals surface area contributed by atoms with Crippen molar-refractivity contribution >= 4 is 81.3 Å². The maximum absolute atomic E-state index is 6.55. The van der Waals surface area contributed by atoms with Gasteiger partial charge in [-0.3, -0.25) is 0 Å². The van der Waals surface area contributed by atoms with Gasteiger partial charge in [0.1, 0.15) is 11.2 Å². The smallest absolute Gasteiger partial charge is 0.143 e. The number of furan rings is 1. The van der Waals surface area contributed by atoms with Gasteiger partial charge in [-0.2, -0.15) is 0 Å². The quantitative estimate of drug-likeness (QED) is 0.210. The lowest BCUT2D eigenvalue weighted by atomic mass is 10.0. The molecule has 0 fully saturated rings. The summed E-state index contributed by atoms with van der Waals surface area (Å²) in [7, 11) is 0. The summed E-state index contributed by atoms with van der Waals surface area (Å²) >= 11 is 1.84. The van der Waals surface area contributed by atoms with Crippen LogP contribution in [0, 0.1) is 0 Å². The molecule has 2 aromatic heterocycles. The molecule has 0 saturated carbocycles. The van der Waals surface area contributed by atoms with E-state index >= 15 is 0 Å². The van der Waals surface area contributed by atoms with Crippen LogP contribution in [0.4, 0.5) is 17.1 Å². The maximum Gasteiger partial charge on any atom is 0.143 e. The molecule has 2 heterocycles. The van der Waals surface area contributed by atoms with Gasteiger partial charge in [0.2, 0.25) is 0 Å². The standard InChI is InChI=1S/C40H25NOS/c1-3-9-26(10-4-1)27-15-18-30(19-16-27)41(29-12-5-2-6-13-29)31-20-23-36-34(25-31)39-37(43-36)24-22-35-38(39)33-21-17-28-11-7-8-14-32(28)40(33)42-35/h1-25H. The summed E-state index contributed by atoms with van der Waals surface area (Å²) in [6, 6.07) is 54.1. The van der Waals surface area contributed by atoms with Crippen LogP contribution in [0.15, 0.2) is 156 Å². The number of hydrogen-bond donors (Lipinski definition) is 0. The van der Waals surface area contributed by atoms with Crippen LogP contribution in [0.2, 0.25) is 0 Å². The van der Waals surface area contributed by atoms with Crippen LogP contribution < -0.4 is 4.90 Å². The largest absolute Gasteiger partial charge is 0.455 e. The minimum atomic E-state index is 0.931.